The molecule has 0 bridgehead atoms. The molecule has 1 N–H and O–H groups in total. The summed E-state index contributed by atoms with van der Waals surface area (Å²) in [6.45, 7) is 0.379. The van der Waals surface area contributed by atoms with E-state index < -0.39 is 0 Å². The second-order valence-corrected chi connectivity index (χ2v) is 3.97. The third-order valence-corrected chi connectivity index (χ3v) is 2.71. The molecule has 0 heterocycles. The molecule has 0 amide bonds. The molecule has 19 heavy (non-hydrogen) atoms. The van der Waals surface area contributed by atoms with Crippen LogP contribution in [0, 0.1) is 0 Å². The van der Waals surface area contributed by atoms with E-state index in [1.165, 1.54) is 7.11 Å². The number of benzene rings is 2. The van der Waals surface area contributed by atoms with Crippen LogP contribution >= 0.6 is 0 Å². The summed E-state index contributed by atoms with van der Waals surface area (Å²) in [5.41, 5.74) is 0.870. The van der Waals surface area contributed by atoms with Gasteiger partial charge in [0, 0.05) is 0 Å². The molecule has 0 aliphatic rings. The quantitative estimate of drug-likeness (QED) is 0.897. The molecular formula is C15H16O4. The molecule has 100 valence electrons. The van der Waals surface area contributed by atoms with Crippen molar-refractivity contribution in [1.29, 1.82) is 0 Å². The second kappa shape index (κ2) is 6.00. The van der Waals surface area contributed by atoms with E-state index >= 15 is 0 Å². The lowest BCUT2D eigenvalue weighted by atomic mass is 10.2. The van der Waals surface area contributed by atoms with Crippen LogP contribution in [-0.4, -0.2) is 19.3 Å². The average Bonchev–Trinajstić information content (AvgIpc) is 2.46. The Labute approximate surface area is 112 Å². The van der Waals surface area contributed by atoms with Crippen LogP contribution in [0.2, 0.25) is 0 Å². The van der Waals surface area contributed by atoms with E-state index in [4.69, 9.17) is 14.2 Å². The van der Waals surface area contributed by atoms with Crippen LogP contribution in [0.1, 0.15) is 5.56 Å². The number of hydrogen-bond donors (Lipinski definition) is 1. The molecule has 0 aromatic heterocycles. The van der Waals surface area contributed by atoms with Crippen molar-refractivity contribution >= 4 is 0 Å². The molecule has 0 radical (unpaired) electrons. The van der Waals surface area contributed by atoms with Crippen LogP contribution < -0.4 is 14.2 Å². The highest BCUT2D eigenvalue weighted by atomic mass is 16.5. The maximum absolute atomic E-state index is 9.66. The van der Waals surface area contributed by atoms with Crippen molar-refractivity contribution in [2.75, 3.05) is 14.2 Å². The molecule has 0 aliphatic heterocycles. The lowest BCUT2D eigenvalue weighted by Crippen LogP contribution is -1.96. The van der Waals surface area contributed by atoms with Crippen LogP contribution in [0.5, 0.6) is 23.0 Å². The Hall–Kier alpha value is -2.36. The maximum atomic E-state index is 9.66. The van der Waals surface area contributed by atoms with Gasteiger partial charge in [-0.3, -0.25) is 0 Å². The number of rotatable bonds is 5. The van der Waals surface area contributed by atoms with E-state index in [-0.39, 0.29) is 5.75 Å². The van der Waals surface area contributed by atoms with Crippen molar-refractivity contribution in [2.24, 2.45) is 0 Å². The summed E-state index contributed by atoms with van der Waals surface area (Å²) in [6, 6.07) is 12.5. The largest absolute Gasteiger partial charge is 0.504 e. The van der Waals surface area contributed by atoms with Crippen LogP contribution in [0.3, 0.4) is 0 Å². The standard InChI is InChI=1S/C15H16O4/c1-17-12-4-6-13(7-5-12)19-10-11-3-8-15(18-2)14(16)9-11/h3-9,16H,10H2,1-2H3. The molecule has 2 aromatic carbocycles. The summed E-state index contributed by atoms with van der Waals surface area (Å²) >= 11 is 0. The highest BCUT2D eigenvalue weighted by Gasteiger charge is 2.03. The predicted molar refractivity (Wildman–Crippen MR) is 72.0 cm³/mol. The van der Waals surface area contributed by atoms with Crippen molar-refractivity contribution in [3.63, 3.8) is 0 Å². The third kappa shape index (κ3) is 3.31. The average molecular weight is 260 g/mol. The molecule has 0 fully saturated rings. The summed E-state index contributed by atoms with van der Waals surface area (Å²) in [6.07, 6.45) is 0. The van der Waals surface area contributed by atoms with Gasteiger partial charge in [-0.25, -0.2) is 0 Å². The van der Waals surface area contributed by atoms with Gasteiger partial charge in [0.1, 0.15) is 18.1 Å². The van der Waals surface area contributed by atoms with Gasteiger partial charge in [0.05, 0.1) is 14.2 Å². The number of aromatic hydroxyl groups is 1. The Kier molecular flexibility index (Phi) is 4.13. The van der Waals surface area contributed by atoms with E-state index in [2.05, 4.69) is 0 Å². The van der Waals surface area contributed by atoms with E-state index in [0.29, 0.717) is 12.4 Å². The lowest BCUT2D eigenvalue weighted by molar-refractivity contribution is 0.303. The topological polar surface area (TPSA) is 47.9 Å². The first-order valence-corrected chi connectivity index (χ1v) is 5.85. The van der Waals surface area contributed by atoms with Crippen LogP contribution in [0.15, 0.2) is 42.5 Å². The summed E-state index contributed by atoms with van der Waals surface area (Å²) in [5.74, 6) is 2.09. The maximum Gasteiger partial charge on any atom is 0.160 e. The number of ether oxygens (including phenoxy) is 3. The minimum atomic E-state index is 0.110. The number of hydrogen-bond acceptors (Lipinski definition) is 4. The summed E-state index contributed by atoms with van der Waals surface area (Å²) in [5, 5.41) is 9.66. The molecule has 0 saturated heterocycles. The van der Waals surface area contributed by atoms with Gasteiger partial charge in [-0.2, -0.15) is 0 Å². The molecule has 4 nitrogen and oxygen atoms in total. The first-order chi connectivity index (χ1) is 9.22. The Balaban J connectivity index is 1.99. The molecule has 0 saturated carbocycles. The molecular weight excluding hydrogens is 244 g/mol. The first kappa shape index (κ1) is 13.1. The summed E-state index contributed by atoms with van der Waals surface area (Å²) in [7, 11) is 3.14. The van der Waals surface area contributed by atoms with Crippen LogP contribution in [0.4, 0.5) is 0 Å². The Morgan fingerprint density at radius 3 is 2.16 bits per heavy atom. The highest BCUT2D eigenvalue weighted by molar-refractivity contribution is 5.41. The molecule has 2 aromatic rings. The third-order valence-electron chi connectivity index (χ3n) is 2.71. The fourth-order valence-electron chi connectivity index (χ4n) is 1.66. The van der Waals surface area contributed by atoms with Gasteiger partial charge in [-0.1, -0.05) is 6.07 Å². The number of methoxy groups -OCH3 is 2. The van der Waals surface area contributed by atoms with E-state index in [1.54, 1.807) is 19.2 Å². The molecule has 0 unspecified atom stereocenters. The second-order valence-electron chi connectivity index (χ2n) is 3.97. The van der Waals surface area contributed by atoms with Crippen molar-refractivity contribution in [3.8, 4) is 23.0 Å². The van der Waals surface area contributed by atoms with Gasteiger partial charge in [0.25, 0.3) is 0 Å². The molecule has 0 aliphatic carbocycles. The van der Waals surface area contributed by atoms with E-state index in [1.807, 2.05) is 30.3 Å². The van der Waals surface area contributed by atoms with Gasteiger partial charge < -0.3 is 19.3 Å². The fourth-order valence-corrected chi connectivity index (χ4v) is 1.66. The number of phenols is 1. The zero-order chi connectivity index (χ0) is 13.7. The smallest absolute Gasteiger partial charge is 0.160 e. The van der Waals surface area contributed by atoms with E-state index in [9.17, 15) is 5.11 Å². The lowest BCUT2D eigenvalue weighted by Gasteiger charge is -2.09. The Bertz CT molecular complexity index is 534. The van der Waals surface area contributed by atoms with Crippen molar-refractivity contribution < 1.29 is 19.3 Å². The van der Waals surface area contributed by atoms with Gasteiger partial charge in [0.2, 0.25) is 0 Å². The fraction of sp³-hybridized carbons (Fsp3) is 0.200. The van der Waals surface area contributed by atoms with Crippen molar-refractivity contribution in [2.45, 2.75) is 6.61 Å². The van der Waals surface area contributed by atoms with Gasteiger partial charge in [0.15, 0.2) is 11.5 Å². The molecule has 0 spiro atoms. The van der Waals surface area contributed by atoms with Crippen LogP contribution in [0.25, 0.3) is 0 Å². The molecule has 2 rings (SSSR count). The molecule has 0 atom stereocenters. The Morgan fingerprint density at radius 2 is 1.58 bits per heavy atom. The zero-order valence-corrected chi connectivity index (χ0v) is 10.9. The van der Waals surface area contributed by atoms with Crippen LogP contribution in [-0.2, 0) is 6.61 Å². The van der Waals surface area contributed by atoms with E-state index in [0.717, 1.165) is 17.1 Å². The first-order valence-electron chi connectivity index (χ1n) is 5.85. The summed E-state index contributed by atoms with van der Waals surface area (Å²) in [4.78, 5) is 0. The summed E-state index contributed by atoms with van der Waals surface area (Å²) < 4.78 is 15.7. The van der Waals surface area contributed by atoms with Gasteiger partial charge >= 0.3 is 0 Å². The van der Waals surface area contributed by atoms with Crippen molar-refractivity contribution in [1.82, 2.24) is 0 Å². The Morgan fingerprint density at radius 1 is 0.895 bits per heavy atom. The zero-order valence-electron chi connectivity index (χ0n) is 10.9. The molecule has 4 heteroatoms. The highest BCUT2D eigenvalue weighted by Crippen LogP contribution is 2.27. The SMILES string of the molecule is COc1ccc(OCc2ccc(OC)c(O)c2)cc1. The van der Waals surface area contributed by atoms with Gasteiger partial charge in [-0.05, 0) is 42.0 Å². The number of phenolic OH excluding ortho intramolecular Hbond substituents is 1. The van der Waals surface area contributed by atoms with Gasteiger partial charge in [-0.15, -0.1) is 0 Å². The monoisotopic (exact) mass is 260 g/mol. The van der Waals surface area contributed by atoms with Crippen molar-refractivity contribution in [3.05, 3.63) is 48.0 Å². The minimum absolute atomic E-state index is 0.110. The minimum Gasteiger partial charge on any atom is -0.504 e. The predicted octanol–water partition coefficient (Wildman–Crippen LogP) is 2.99. The normalized spacial score (nSPS) is 10.0.